The lowest BCUT2D eigenvalue weighted by Gasteiger charge is -2.12. The molecule has 2 atom stereocenters. The van der Waals surface area contributed by atoms with E-state index in [0.29, 0.717) is 6.04 Å². The second kappa shape index (κ2) is 3.29. The number of allylic oxidation sites excluding steroid dienone is 2. The number of rotatable bonds is 3. The van der Waals surface area contributed by atoms with Crippen LogP contribution in [-0.2, 0) is 0 Å². The van der Waals surface area contributed by atoms with Crippen LogP contribution in [0.5, 0.6) is 0 Å². The second-order valence-corrected chi connectivity index (χ2v) is 3.71. The molecule has 0 spiro atoms. The largest absolute Gasteiger partial charge is 0.386 e. The maximum Gasteiger partial charge on any atom is 0.0227 e. The third-order valence-corrected chi connectivity index (χ3v) is 2.52. The van der Waals surface area contributed by atoms with Crippen molar-refractivity contribution < 1.29 is 0 Å². The molecular weight excluding hydrogens is 134 g/mol. The lowest BCUT2D eigenvalue weighted by Crippen LogP contribution is -2.23. The average molecular weight is 153 g/mol. The van der Waals surface area contributed by atoms with Crippen molar-refractivity contribution in [3.05, 3.63) is 11.3 Å². The van der Waals surface area contributed by atoms with Gasteiger partial charge in [0.05, 0.1) is 0 Å². The first-order valence-electron chi connectivity index (χ1n) is 4.61. The van der Waals surface area contributed by atoms with Gasteiger partial charge >= 0.3 is 0 Å². The zero-order valence-corrected chi connectivity index (χ0v) is 8.07. The molecule has 1 aliphatic carbocycles. The van der Waals surface area contributed by atoms with Crippen LogP contribution >= 0.6 is 0 Å². The predicted molar refractivity (Wildman–Crippen MR) is 49.4 cm³/mol. The molecule has 0 aromatic rings. The van der Waals surface area contributed by atoms with Gasteiger partial charge in [0.1, 0.15) is 0 Å². The Bertz CT molecular complexity index is 170. The zero-order valence-electron chi connectivity index (χ0n) is 8.07. The molecule has 0 radical (unpaired) electrons. The molecule has 0 heterocycles. The highest BCUT2D eigenvalue weighted by Crippen LogP contribution is 2.38. The predicted octanol–water partition coefficient (Wildman–Crippen LogP) is 2.69. The molecule has 64 valence electrons. The Hall–Kier alpha value is -0.460. The maximum atomic E-state index is 3.50. The second-order valence-electron chi connectivity index (χ2n) is 3.71. The van der Waals surface area contributed by atoms with Crippen molar-refractivity contribution in [2.24, 2.45) is 5.92 Å². The highest BCUT2D eigenvalue weighted by molar-refractivity contribution is 5.27. The van der Waals surface area contributed by atoms with Gasteiger partial charge in [0.15, 0.2) is 0 Å². The summed E-state index contributed by atoms with van der Waals surface area (Å²) in [5, 5.41) is 3.50. The molecule has 0 saturated heterocycles. The van der Waals surface area contributed by atoms with E-state index in [1.54, 1.807) is 5.57 Å². The molecule has 0 aliphatic heterocycles. The van der Waals surface area contributed by atoms with E-state index in [-0.39, 0.29) is 0 Å². The Kier molecular flexibility index (Phi) is 2.58. The minimum absolute atomic E-state index is 0.635. The first-order chi connectivity index (χ1) is 5.15. The van der Waals surface area contributed by atoms with Crippen molar-refractivity contribution >= 4 is 0 Å². The van der Waals surface area contributed by atoms with Gasteiger partial charge in [-0.15, -0.1) is 0 Å². The first-order valence-corrected chi connectivity index (χ1v) is 4.61. The Labute approximate surface area is 69.9 Å². The van der Waals surface area contributed by atoms with Gasteiger partial charge in [0.25, 0.3) is 0 Å². The minimum Gasteiger partial charge on any atom is -0.386 e. The van der Waals surface area contributed by atoms with Crippen LogP contribution in [0.2, 0.25) is 0 Å². The molecule has 1 fully saturated rings. The summed E-state index contributed by atoms with van der Waals surface area (Å²) in [6.45, 7) is 8.94. The Morgan fingerprint density at radius 2 is 2.27 bits per heavy atom. The Morgan fingerprint density at radius 3 is 2.64 bits per heavy atom. The highest BCUT2D eigenvalue weighted by Gasteiger charge is 2.26. The van der Waals surface area contributed by atoms with Crippen LogP contribution in [0.15, 0.2) is 11.3 Å². The SMILES string of the molecule is CC[C@H](C)N/C(C)=C1\CC1C. The molecule has 1 nitrogen and oxygen atoms in total. The van der Waals surface area contributed by atoms with Crippen LogP contribution in [0.4, 0.5) is 0 Å². The quantitative estimate of drug-likeness (QED) is 0.657. The summed E-state index contributed by atoms with van der Waals surface area (Å²) in [5.41, 5.74) is 3.05. The third kappa shape index (κ3) is 2.25. The Balaban J connectivity index is 2.38. The maximum absolute atomic E-state index is 3.50. The summed E-state index contributed by atoms with van der Waals surface area (Å²) in [5.74, 6) is 0.853. The molecule has 1 aliphatic rings. The van der Waals surface area contributed by atoms with Crippen LogP contribution in [0.25, 0.3) is 0 Å². The summed E-state index contributed by atoms with van der Waals surface area (Å²) < 4.78 is 0. The van der Waals surface area contributed by atoms with Crippen molar-refractivity contribution in [3.63, 3.8) is 0 Å². The van der Waals surface area contributed by atoms with Gasteiger partial charge in [-0.1, -0.05) is 13.8 Å². The average Bonchev–Trinajstić information content (AvgIpc) is 2.66. The van der Waals surface area contributed by atoms with Crippen LogP contribution in [-0.4, -0.2) is 6.04 Å². The normalized spacial score (nSPS) is 29.6. The molecule has 1 rings (SSSR count). The fraction of sp³-hybridized carbons (Fsp3) is 0.800. The molecule has 11 heavy (non-hydrogen) atoms. The van der Waals surface area contributed by atoms with Crippen molar-refractivity contribution in [2.45, 2.75) is 46.6 Å². The monoisotopic (exact) mass is 153 g/mol. The molecule has 1 N–H and O–H groups in total. The van der Waals surface area contributed by atoms with Crippen LogP contribution in [0, 0.1) is 5.92 Å². The van der Waals surface area contributed by atoms with Crippen LogP contribution in [0.3, 0.4) is 0 Å². The van der Waals surface area contributed by atoms with Gasteiger partial charge in [0.2, 0.25) is 0 Å². The molecule has 1 unspecified atom stereocenters. The topological polar surface area (TPSA) is 12.0 Å². The van der Waals surface area contributed by atoms with Crippen molar-refractivity contribution in [1.29, 1.82) is 0 Å². The van der Waals surface area contributed by atoms with Gasteiger partial charge < -0.3 is 5.32 Å². The van der Waals surface area contributed by atoms with E-state index >= 15 is 0 Å². The van der Waals surface area contributed by atoms with E-state index in [1.165, 1.54) is 18.5 Å². The van der Waals surface area contributed by atoms with E-state index < -0.39 is 0 Å². The van der Waals surface area contributed by atoms with E-state index in [1.807, 2.05) is 0 Å². The lowest BCUT2D eigenvalue weighted by molar-refractivity contribution is 0.593. The molecule has 0 bridgehead atoms. The number of nitrogens with one attached hydrogen (secondary N) is 1. The van der Waals surface area contributed by atoms with Crippen molar-refractivity contribution in [2.75, 3.05) is 0 Å². The fourth-order valence-corrected chi connectivity index (χ4v) is 1.36. The molecule has 0 aromatic carbocycles. The van der Waals surface area contributed by atoms with Crippen molar-refractivity contribution in [3.8, 4) is 0 Å². The summed E-state index contributed by atoms with van der Waals surface area (Å²) in [7, 11) is 0. The molecular formula is C10H19N. The highest BCUT2D eigenvalue weighted by atomic mass is 14.9. The first kappa shape index (κ1) is 8.63. The lowest BCUT2D eigenvalue weighted by atomic mass is 10.2. The summed E-state index contributed by atoms with van der Waals surface area (Å²) in [6, 6.07) is 0.635. The van der Waals surface area contributed by atoms with E-state index in [2.05, 4.69) is 33.0 Å². The van der Waals surface area contributed by atoms with E-state index in [0.717, 1.165) is 5.92 Å². The summed E-state index contributed by atoms with van der Waals surface area (Å²) in [6.07, 6.45) is 2.52. The molecule has 1 saturated carbocycles. The third-order valence-electron chi connectivity index (χ3n) is 2.52. The van der Waals surface area contributed by atoms with Crippen LogP contribution in [0.1, 0.15) is 40.5 Å². The number of hydrogen-bond donors (Lipinski definition) is 1. The fourth-order valence-electron chi connectivity index (χ4n) is 1.36. The molecule has 0 amide bonds. The zero-order chi connectivity index (χ0) is 8.43. The van der Waals surface area contributed by atoms with Crippen LogP contribution < -0.4 is 5.32 Å². The smallest absolute Gasteiger partial charge is 0.0227 e. The number of hydrogen-bond acceptors (Lipinski definition) is 1. The summed E-state index contributed by atoms with van der Waals surface area (Å²) >= 11 is 0. The van der Waals surface area contributed by atoms with E-state index in [9.17, 15) is 0 Å². The minimum atomic E-state index is 0.635. The van der Waals surface area contributed by atoms with Gasteiger partial charge in [-0.25, -0.2) is 0 Å². The summed E-state index contributed by atoms with van der Waals surface area (Å²) in [4.78, 5) is 0. The Morgan fingerprint density at radius 1 is 1.73 bits per heavy atom. The van der Waals surface area contributed by atoms with Gasteiger partial charge in [-0.2, -0.15) is 0 Å². The standard InChI is InChI=1S/C10H19N/c1-5-8(3)11-9(4)10-6-7(10)2/h7-8,11H,5-6H2,1-4H3/b10-9+/t7?,8-/m0/s1. The van der Waals surface area contributed by atoms with Gasteiger partial charge in [-0.05, 0) is 38.2 Å². The van der Waals surface area contributed by atoms with Gasteiger partial charge in [0, 0.05) is 11.7 Å². The molecule has 0 aromatic heterocycles. The van der Waals surface area contributed by atoms with E-state index in [4.69, 9.17) is 0 Å². The van der Waals surface area contributed by atoms with Gasteiger partial charge in [-0.3, -0.25) is 0 Å². The van der Waals surface area contributed by atoms with Crippen molar-refractivity contribution in [1.82, 2.24) is 5.32 Å². The molecule has 1 heteroatoms.